The Morgan fingerprint density at radius 3 is 2.76 bits per heavy atom. The van der Waals surface area contributed by atoms with Gasteiger partial charge in [-0.1, -0.05) is 6.92 Å². The Labute approximate surface area is 124 Å². The summed E-state index contributed by atoms with van der Waals surface area (Å²) >= 11 is 0. The van der Waals surface area contributed by atoms with Crippen molar-refractivity contribution in [1.29, 1.82) is 0 Å². The van der Waals surface area contributed by atoms with Gasteiger partial charge >= 0.3 is 5.97 Å². The molecule has 0 saturated carbocycles. The van der Waals surface area contributed by atoms with Gasteiger partial charge in [0.25, 0.3) is 0 Å². The lowest BCUT2D eigenvalue weighted by Gasteiger charge is -2.13. The zero-order valence-electron chi connectivity index (χ0n) is 12.5. The summed E-state index contributed by atoms with van der Waals surface area (Å²) in [6.07, 6.45) is 6.42. The molecule has 0 spiro atoms. The number of carboxylic acid groups (broad SMARTS) is 1. The van der Waals surface area contributed by atoms with E-state index < -0.39 is 5.97 Å². The number of likely N-dealkylation sites (tertiary alicyclic amines) is 1. The molecule has 0 amide bonds. The SMILES string of the molecule is CCc1cc(C(=O)O)c2[nH]cc(CCN3CCCC3)c2c1. The quantitative estimate of drug-likeness (QED) is 0.888. The second kappa shape index (κ2) is 5.90. The van der Waals surface area contributed by atoms with Crippen molar-refractivity contribution in [3.63, 3.8) is 0 Å². The van der Waals surface area contributed by atoms with Crippen LogP contribution >= 0.6 is 0 Å². The molecule has 1 aromatic heterocycles. The topological polar surface area (TPSA) is 56.3 Å². The minimum Gasteiger partial charge on any atom is -0.478 e. The molecule has 1 aliphatic heterocycles. The molecule has 1 aromatic carbocycles. The molecule has 1 saturated heterocycles. The highest BCUT2D eigenvalue weighted by atomic mass is 16.4. The maximum atomic E-state index is 11.4. The first kappa shape index (κ1) is 14.1. The molecule has 1 aliphatic rings. The van der Waals surface area contributed by atoms with E-state index in [-0.39, 0.29) is 0 Å². The van der Waals surface area contributed by atoms with E-state index >= 15 is 0 Å². The van der Waals surface area contributed by atoms with Crippen LogP contribution in [0.25, 0.3) is 10.9 Å². The third kappa shape index (κ3) is 2.81. The van der Waals surface area contributed by atoms with Crippen LogP contribution < -0.4 is 0 Å². The van der Waals surface area contributed by atoms with Crippen LogP contribution in [0.3, 0.4) is 0 Å². The van der Waals surface area contributed by atoms with Gasteiger partial charge in [0.15, 0.2) is 0 Å². The van der Waals surface area contributed by atoms with E-state index in [1.165, 1.54) is 31.5 Å². The van der Waals surface area contributed by atoms with Gasteiger partial charge in [0, 0.05) is 18.1 Å². The van der Waals surface area contributed by atoms with E-state index in [9.17, 15) is 9.90 Å². The average molecular weight is 286 g/mol. The van der Waals surface area contributed by atoms with Gasteiger partial charge in [0.1, 0.15) is 0 Å². The maximum absolute atomic E-state index is 11.4. The summed E-state index contributed by atoms with van der Waals surface area (Å²) in [6.45, 7) is 5.51. The molecule has 0 atom stereocenters. The second-order valence-electron chi connectivity index (χ2n) is 5.84. The first-order chi connectivity index (χ1) is 10.2. The number of aromatic nitrogens is 1. The standard InChI is InChI=1S/C17H22N2O2/c1-2-12-9-14-13(5-8-19-6-3-4-7-19)11-18-16(14)15(10-12)17(20)21/h9-11,18H,2-8H2,1H3,(H,20,21). The van der Waals surface area contributed by atoms with E-state index in [2.05, 4.69) is 22.9 Å². The number of carbonyl (C=O) groups is 1. The Balaban J connectivity index is 1.92. The number of H-pyrrole nitrogens is 1. The lowest BCUT2D eigenvalue weighted by Crippen LogP contribution is -2.21. The minimum absolute atomic E-state index is 0.386. The molecular formula is C17H22N2O2. The van der Waals surface area contributed by atoms with Crippen molar-refractivity contribution in [3.05, 3.63) is 35.0 Å². The number of nitrogens with zero attached hydrogens (tertiary/aromatic N) is 1. The van der Waals surface area contributed by atoms with Gasteiger partial charge in [-0.05, 0) is 62.0 Å². The van der Waals surface area contributed by atoms with Gasteiger partial charge < -0.3 is 15.0 Å². The molecule has 2 heterocycles. The number of hydrogen-bond acceptors (Lipinski definition) is 2. The van der Waals surface area contributed by atoms with Gasteiger partial charge in [-0.3, -0.25) is 0 Å². The molecule has 1 fully saturated rings. The van der Waals surface area contributed by atoms with Crippen LogP contribution in [0.5, 0.6) is 0 Å². The van der Waals surface area contributed by atoms with Crippen molar-refractivity contribution in [2.24, 2.45) is 0 Å². The molecule has 4 heteroatoms. The van der Waals surface area contributed by atoms with Crippen molar-refractivity contribution in [3.8, 4) is 0 Å². The van der Waals surface area contributed by atoms with Crippen LogP contribution in [0.4, 0.5) is 0 Å². The summed E-state index contributed by atoms with van der Waals surface area (Å²) in [5, 5.41) is 10.5. The third-order valence-electron chi connectivity index (χ3n) is 4.47. The Kier molecular flexibility index (Phi) is 3.97. The number of rotatable bonds is 5. The van der Waals surface area contributed by atoms with Gasteiger partial charge in [-0.2, -0.15) is 0 Å². The molecule has 2 aromatic rings. The van der Waals surface area contributed by atoms with Crippen molar-refractivity contribution in [2.45, 2.75) is 32.6 Å². The lowest BCUT2D eigenvalue weighted by atomic mass is 10.0. The molecular weight excluding hydrogens is 264 g/mol. The van der Waals surface area contributed by atoms with Crippen LogP contribution in [0.2, 0.25) is 0 Å². The van der Waals surface area contributed by atoms with Crippen molar-refractivity contribution in [2.75, 3.05) is 19.6 Å². The summed E-state index contributed by atoms with van der Waals surface area (Å²) in [5.41, 5.74) is 3.46. The van der Waals surface area contributed by atoms with Crippen LogP contribution in [-0.2, 0) is 12.8 Å². The predicted molar refractivity (Wildman–Crippen MR) is 84.0 cm³/mol. The lowest BCUT2D eigenvalue weighted by molar-refractivity contribution is 0.0698. The fourth-order valence-electron chi connectivity index (χ4n) is 3.21. The van der Waals surface area contributed by atoms with E-state index in [1.54, 1.807) is 6.07 Å². The zero-order valence-corrected chi connectivity index (χ0v) is 12.5. The van der Waals surface area contributed by atoms with E-state index in [0.717, 1.165) is 35.9 Å². The number of hydrogen-bond donors (Lipinski definition) is 2. The highest BCUT2D eigenvalue weighted by molar-refractivity contribution is 6.03. The molecule has 0 bridgehead atoms. The maximum Gasteiger partial charge on any atom is 0.337 e. The van der Waals surface area contributed by atoms with Crippen LogP contribution in [-0.4, -0.2) is 40.6 Å². The zero-order chi connectivity index (χ0) is 14.8. The fraction of sp³-hybridized carbons (Fsp3) is 0.471. The molecule has 2 N–H and O–H groups in total. The van der Waals surface area contributed by atoms with Crippen molar-refractivity contribution < 1.29 is 9.90 Å². The summed E-state index contributed by atoms with van der Waals surface area (Å²) in [7, 11) is 0. The number of carboxylic acids is 1. The molecule has 112 valence electrons. The molecule has 0 unspecified atom stereocenters. The Bertz CT molecular complexity index is 654. The average Bonchev–Trinajstić information content (AvgIpc) is 3.13. The highest BCUT2D eigenvalue weighted by Crippen LogP contribution is 2.25. The Morgan fingerprint density at radius 2 is 2.10 bits per heavy atom. The van der Waals surface area contributed by atoms with E-state index in [4.69, 9.17) is 0 Å². The highest BCUT2D eigenvalue weighted by Gasteiger charge is 2.16. The number of aromatic carboxylic acids is 1. The summed E-state index contributed by atoms with van der Waals surface area (Å²) in [6, 6.07) is 3.92. The monoisotopic (exact) mass is 286 g/mol. The summed E-state index contributed by atoms with van der Waals surface area (Å²) in [4.78, 5) is 17.1. The van der Waals surface area contributed by atoms with E-state index in [1.807, 2.05) is 6.20 Å². The Hall–Kier alpha value is -1.81. The first-order valence-electron chi connectivity index (χ1n) is 7.77. The van der Waals surface area contributed by atoms with Crippen LogP contribution in [0.1, 0.15) is 41.3 Å². The number of fused-ring (bicyclic) bond motifs is 1. The smallest absolute Gasteiger partial charge is 0.337 e. The minimum atomic E-state index is -0.858. The summed E-state index contributed by atoms with van der Waals surface area (Å²) < 4.78 is 0. The third-order valence-corrected chi connectivity index (χ3v) is 4.47. The largest absolute Gasteiger partial charge is 0.478 e. The summed E-state index contributed by atoms with van der Waals surface area (Å²) in [5.74, 6) is -0.858. The van der Waals surface area contributed by atoms with Gasteiger partial charge in [-0.25, -0.2) is 4.79 Å². The van der Waals surface area contributed by atoms with Crippen molar-refractivity contribution >= 4 is 16.9 Å². The van der Waals surface area contributed by atoms with E-state index in [0.29, 0.717) is 5.56 Å². The van der Waals surface area contributed by atoms with Gasteiger partial charge in [0.05, 0.1) is 11.1 Å². The number of benzene rings is 1. The molecule has 21 heavy (non-hydrogen) atoms. The second-order valence-corrected chi connectivity index (χ2v) is 5.84. The van der Waals surface area contributed by atoms with Gasteiger partial charge in [0.2, 0.25) is 0 Å². The fourth-order valence-corrected chi connectivity index (χ4v) is 3.21. The van der Waals surface area contributed by atoms with Crippen molar-refractivity contribution in [1.82, 2.24) is 9.88 Å². The molecule has 0 aliphatic carbocycles. The van der Waals surface area contributed by atoms with Crippen LogP contribution in [0, 0.1) is 0 Å². The Morgan fingerprint density at radius 1 is 1.33 bits per heavy atom. The molecule has 3 rings (SSSR count). The number of nitrogens with one attached hydrogen (secondary N) is 1. The van der Waals surface area contributed by atoms with Gasteiger partial charge in [-0.15, -0.1) is 0 Å². The number of aromatic amines is 1. The number of aryl methyl sites for hydroxylation is 1. The normalized spacial score (nSPS) is 15.9. The predicted octanol–water partition coefficient (Wildman–Crippen LogP) is 3.07. The van der Waals surface area contributed by atoms with Crippen LogP contribution in [0.15, 0.2) is 18.3 Å². The molecule has 4 nitrogen and oxygen atoms in total. The first-order valence-corrected chi connectivity index (χ1v) is 7.77. The molecule has 0 radical (unpaired) electrons.